The molecule has 0 aliphatic heterocycles. The molecule has 1 radical (unpaired) electrons. The Morgan fingerprint density at radius 3 is 3.08 bits per heavy atom. The number of hydrogen-bond acceptors (Lipinski definition) is 0. The van der Waals surface area contributed by atoms with Gasteiger partial charge in [-0.2, -0.15) is 0 Å². The minimum Gasteiger partial charge on any atom is -0.0795 e. The molecule has 0 spiro atoms. The first-order valence-corrected chi connectivity index (χ1v) is 5.07. The van der Waals surface area contributed by atoms with Crippen LogP contribution in [0.15, 0.2) is 41.0 Å². The Morgan fingerprint density at radius 2 is 2.38 bits per heavy atom. The van der Waals surface area contributed by atoms with Crippen molar-refractivity contribution in [3.8, 4) is 0 Å². The van der Waals surface area contributed by atoms with Gasteiger partial charge in [0.1, 0.15) is 0 Å². The van der Waals surface area contributed by atoms with Gasteiger partial charge in [0, 0.05) is 0 Å². The molecule has 2 rings (SSSR count). The van der Waals surface area contributed by atoms with Gasteiger partial charge >= 0.3 is 0 Å². The highest BCUT2D eigenvalue weighted by atomic mass is 14.1. The van der Waals surface area contributed by atoms with Gasteiger partial charge in [-0.15, -0.1) is 0 Å². The second kappa shape index (κ2) is 3.78. The Morgan fingerprint density at radius 1 is 1.46 bits per heavy atom. The number of allylic oxidation sites excluding steroid dienone is 8. The predicted octanol–water partition coefficient (Wildman–Crippen LogP) is 3.73. The van der Waals surface area contributed by atoms with E-state index in [1.54, 1.807) is 0 Å². The van der Waals surface area contributed by atoms with Crippen LogP contribution in [0.4, 0.5) is 0 Å². The van der Waals surface area contributed by atoms with Gasteiger partial charge in [0.25, 0.3) is 0 Å². The molecule has 13 heavy (non-hydrogen) atoms. The zero-order valence-electron chi connectivity index (χ0n) is 8.14. The van der Waals surface area contributed by atoms with E-state index in [1.807, 2.05) is 0 Å². The molecule has 0 aromatic rings. The highest BCUT2D eigenvalue weighted by Crippen LogP contribution is 2.28. The van der Waals surface area contributed by atoms with Gasteiger partial charge < -0.3 is 0 Å². The average Bonchev–Trinajstić information content (AvgIpc) is 2.70. The van der Waals surface area contributed by atoms with E-state index in [1.165, 1.54) is 29.6 Å². The van der Waals surface area contributed by atoms with Gasteiger partial charge in [-0.1, -0.05) is 43.2 Å². The Labute approximate surface area is 80.3 Å². The maximum absolute atomic E-state index is 3.37. The predicted molar refractivity (Wildman–Crippen MR) is 56.2 cm³/mol. The highest BCUT2D eigenvalue weighted by molar-refractivity contribution is 5.49. The van der Waals surface area contributed by atoms with Crippen molar-refractivity contribution in [2.45, 2.75) is 32.6 Å². The summed E-state index contributed by atoms with van der Waals surface area (Å²) >= 11 is 0. The van der Waals surface area contributed by atoms with E-state index in [2.05, 4.69) is 37.3 Å². The topological polar surface area (TPSA) is 0 Å². The Kier molecular flexibility index (Phi) is 2.49. The lowest BCUT2D eigenvalue weighted by molar-refractivity contribution is 0.927. The summed E-state index contributed by atoms with van der Waals surface area (Å²) in [5.74, 6) is 0. The zero-order chi connectivity index (χ0) is 9.10. The molecule has 0 amide bonds. The van der Waals surface area contributed by atoms with Crippen LogP contribution in [0.25, 0.3) is 0 Å². The molecule has 0 saturated heterocycles. The molecular weight excluding hydrogens is 156 g/mol. The van der Waals surface area contributed by atoms with Crippen LogP contribution in [0.1, 0.15) is 32.6 Å². The maximum Gasteiger partial charge on any atom is -0.00850 e. The van der Waals surface area contributed by atoms with Crippen molar-refractivity contribution in [2.24, 2.45) is 0 Å². The van der Waals surface area contributed by atoms with E-state index in [0.717, 1.165) is 12.8 Å². The number of rotatable bonds is 3. The van der Waals surface area contributed by atoms with Crippen LogP contribution < -0.4 is 0 Å². The quantitative estimate of drug-likeness (QED) is 0.607. The van der Waals surface area contributed by atoms with Crippen LogP contribution in [-0.2, 0) is 0 Å². The van der Waals surface area contributed by atoms with Crippen molar-refractivity contribution in [1.29, 1.82) is 0 Å². The second-order valence-corrected chi connectivity index (χ2v) is 3.60. The fourth-order valence-corrected chi connectivity index (χ4v) is 1.86. The standard InChI is InChI=1S/C13H15/c1-2-5-11-8-9-13(10-11)12-6-3-4-7-12/h3,6,8,10H,2,4-5,9H2,1H3. The Balaban J connectivity index is 2.05. The normalized spacial score (nSPS) is 20.2. The average molecular weight is 171 g/mol. The lowest BCUT2D eigenvalue weighted by atomic mass is 10.1. The van der Waals surface area contributed by atoms with Crippen molar-refractivity contribution in [3.05, 3.63) is 47.1 Å². The summed E-state index contributed by atoms with van der Waals surface area (Å²) in [5, 5.41) is 0. The third kappa shape index (κ3) is 1.82. The molecule has 0 nitrogen and oxygen atoms in total. The van der Waals surface area contributed by atoms with E-state index in [-0.39, 0.29) is 0 Å². The molecule has 0 fully saturated rings. The zero-order valence-corrected chi connectivity index (χ0v) is 8.14. The minimum absolute atomic E-state index is 0.996. The van der Waals surface area contributed by atoms with Gasteiger partial charge in [0.15, 0.2) is 0 Å². The molecule has 0 saturated carbocycles. The SMILES string of the molecule is CCCC1=CCC(C2=[C]CC=C2)=C1. The fraction of sp³-hybridized carbons (Fsp3) is 0.385. The first kappa shape index (κ1) is 8.55. The van der Waals surface area contributed by atoms with Gasteiger partial charge in [-0.3, -0.25) is 0 Å². The minimum atomic E-state index is 0.996. The monoisotopic (exact) mass is 171 g/mol. The van der Waals surface area contributed by atoms with Gasteiger partial charge in [-0.05, 0) is 36.5 Å². The first-order chi connectivity index (χ1) is 6.40. The van der Waals surface area contributed by atoms with Gasteiger partial charge in [0.2, 0.25) is 0 Å². The Hall–Kier alpha value is -1.04. The molecule has 2 aliphatic carbocycles. The smallest absolute Gasteiger partial charge is 0.00850 e. The number of hydrogen-bond donors (Lipinski definition) is 0. The molecule has 0 aromatic heterocycles. The van der Waals surface area contributed by atoms with Crippen LogP contribution in [0.5, 0.6) is 0 Å². The summed E-state index contributed by atoms with van der Waals surface area (Å²) in [7, 11) is 0. The Bertz CT molecular complexity index is 311. The third-order valence-electron chi connectivity index (χ3n) is 2.52. The third-order valence-corrected chi connectivity index (χ3v) is 2.52. The lowest BCUT2D eigenvalue weighted by Crippen LogP contribution is -1.79. The maximum atomic E-state index is 3.37. The molecule has 0 unspecified atom stereocenters. The van der Waals surface area contributed by atoms with Crippen LogP contribution in [0, 0.1) is 6.08 Å². The van der Waals surface area contributed by atoms with Crippen LogP contribution >= 0.6 is 0 Å². The van der Waals surface area contributed by atoms with Gasteiger partial charge in [0.05, 0.1) is 0 Å². The summed E-state index contributed by atoms with van der Waals surface area (Å²) in [5.41, 5.74) is 4.28. The van der Waals surface area contributed by atoms with Crippen LogP contribution in [-0.4, -0.2) is 0 Å². The van der Waals surface area contributed by atoms with E-state index in [0.29, 0.717) is 0 Å². The molecule has 0 atom stereocenters. The molecule has 2 aliphatic rings. The van der Waals surface area contributed by atoms with E-state index in [9.17, 15) is 0 Å². The van der Waals surface area contributed by atoms with E-state index < -0.39 is 0 Å². The van der Waals surface area contributed by atoms with Crippen LogP contribution in [0.3, 0.4) is 0 Å². The van der Waals surface area contributed by atoms with Crippen LogP contribution in [0.2, 0.25) is 0 Å². The summed E-state index contributed by atoms with van der Waals surface area (Å²) in [4.78, 5) is 0. The molecule has 0 bridgehead atoms. The largest absolute Gasteiger partial charge is 0.0795 e. The molecular formula is C13H15. The van der Waals surface area contributed by atoms with Crippen molar-refractivity contribution in [1.82, 2.24) is 0 Å². The summed E-state index contributed by atoms with van der Waals surface area (Å²) in [6, 6.07) is 0. The van der Waals surface area contributed by atoms with Crippen molar-refractivity contribution in [2.75, 3.05) is 0 Å². The van der Waals surface area contributed by atoms with Gasteiger partial charge in [-0.25, -0.2) is 0 Å². The lowest BCUT2D eigenvalue weighted by Gasteiger charge is -1.97. The second-order valence-electron chi connectivity index (χ2n) is 3.60. The van der Waals surface area contributed by atoms with Crippen molar-refractivity contribution >= 4 is 0 Å². The molecule has 0 heterocycles. The van der Waals surface area contributed by atoms with Crippen molar-refractivity contribution in [3.63, 3.8) is 0 Å². The molecule has 0 N–H and O–H groups in total. The fourth-order valence-electron chi connectivity index (χ4n) is 1.86. The molecule has 0 heteroatoms. The highest BCUT2D eigenvalue weighted by Gasteiger charge is 2.10. The van der Waals surface area contributed by atoms with E-state index in [4.69, 9.17) is 0 Å². The molecule has 67 valence electrons. The van der Waals surface area contributed by atoms with E-state index >= 15 is 0 Å². The molecule has 0 aromatic carbocycles. The summed E-state index contributed by atoms with van der Waals surface area (Å²) in [6.45, 7) is 2.23. The van der Waals surface area contributed by atoms with Crippen molar-refractivity contribution < 1.29 is 0 Å². The summed E-state index contributed by atoms with van der Waals surface area (Å²) < 4.78 is 0. The first-order valence-electron chi connectivity index (χ1n) is 5.07. The summed E-state index contributed by atoms with van der Waals surface area (Å²) in [6.07, 6.45) is 17.0.